The second kappa shape index (κ2) is 12.2. The fourth-order valence-corrected chi connectivity index (χ4v) is 2.05. The minimum absolute atomic E-state index is 0.187. The molecule has 0 aromatic rings. The van der Waals surface area contributed by atoms with E-state index < -0.39 is 54.4 Å². The molecule has 11 heteroatoms. The van der Waals surface area contributed by atoms with Crippen LogP contribution in [0.2, 0.25) is 0 Å². The molecular formula is C15H28N4O7. The summed E-state index contributed by atoms with van der Waals surface area (Å²) >= 11 is 0. The van der Waals surface area contributed by atoms with Crippen LogP contribution < -0.4 is 22.1 Å². The summed E-state index contributed by atoms with van der Waals surface area (Å²) in [7, 11) is 0. The Labute approximate surface area is 151 Å². The molecule has 0 saturated carbocycles. The number of aliphatic hydroxyl groups excluding tert-OH is 1. The van der Waals surface area contributed by atoms with Gasteiger partial charge in [-0.05, 0) is 39.2 Å². The molecule has 0 aliphatic rings. The Morgan fingerprint density at radius 1 is 0.962 bits per heavy atom. The summed E-state index contributed by atoms with van der Waals surface area (Å²) in [6.07, 6.45) is -0.603. The monoisotopic (exact) mass is 376 g/mol. The molecule has 0 spiro atoms. The van der Waals surface area contributed by atoms with Crippen molar-refractivity contribution in [2.45, 2.75) is 63.3 Å². The highest BCUT2D eigenvalue weighted by Crippen LogP contribution is 2.05. The number of carboxylic acids is 2. The number of carboxylic acid groups (broad SMARTS) is 2. The molecule has 0 aromatic heterocycles. The lowest BCUT2D eigenvalue weighted by Crippen LogP contribution is -2.56. The summed E-state index contributed by atoms with van der Waals surface area (Å²) in [5.74, 6) is -4.11. The van der Waals surface area contributed by atoms with E-state index in [0.29, 0.717) is 19.4 Å². The Morgan fingerprint density at radius 2 is 1.54 bits per heavy atom. The maximum atomic E-state index is 12.4. The van der Waals surface area contributed by atoms with Crippen LogP contribution in [0.4, 0.5) is 0 Å². The SMILES string of the molecule is C[C@@H](O)[C@H](N)C(=O)N[C@@H](CCCCN)C(=O)N[C@@H](CCC(=O)O)C(=O)O. The summed E-state index contributed by atoms with van der Waals surface area (Å²) in [5.41, 5.74) is 10.9. The van der Waals surface area contributed by atoms with Gasteiger partial charge in [0.1, 0.15) is 18.1 Å². The molecule has 0 unspecified atom stereocenters. The third-order valence-corrected chi connectivity index (χ3v) is 3.66. The molecule has 0 radical (unpaired) electrons. The molecule has 11 nitrogen and oxygen atoms in total. The summed E-state index contributed by atoms with van der Waals surface area (Å²) in [4.78, 5) is 46.1. The van der Waals surface area contributed by atoms with Crippen molar-refractivity contribution >= 4 is 23.8 Å². The molecule has 4 atom stereocenters. The first-order chi connectivity index (χ1) is 12.1. The van der Waals surface area contributed by atoms with Gasteiger partial charge in [-0.2, -0.15) is 0 Å². The predicted octanol–water partition coefficient (Wildman–Crippen LogP) is -2.26. The molecular weight excluding hydrogens is 348 g/mol. The van der Waals surface area contributed by atoms with Crippen LogP contribution >= 0.6 is 0 Å². The van der Waals surface area contributed by atoms with E-state index in [1.54, 1.807) is 0 Å². The van der Waals surface area contributed by atoms with Gasteiger partial charge in [-0.3, -0.25) is 14.4 Å². The van der Waals surface area contributed by atoms with Crippen molar-refractivity contribution < 1.29 is 34.5 Å². The lowest BCUT2D eigenvalue weighted by atomic mass is 10.1. The van der Waals surface area contributed by atoms with Crippen molar-refractivity contribution in [3.8, 4) is 0 Å². The van der Waals surface area contributed by atoms with Gasteiger partial charge in [0.05, 0.1) is 6.10 Å². The first-order valence-corrected chi connectivity index (χ1v) is 8.29. The number of nitrogens with two attached hydrogens (primary N) is 2. The molecule has 0 bridgehead atoms. The van der Waals surface area contributed by atoms with Gasteiger partial charge >= 0.3 is 11.9 Å². The Bertz CT molecular complexity index is 498. The molecule has 0 aliphatic carbocycles. The standard InChI is InChI=1S/C15H28N4O7/c1-8(20)12(17)14(24)18-9(4-2-3-7-16)13(23)19-10(15(25)26)5-6-11(21)22/h8-10,12,20H,2-7,16-17H2,1H3,(H,18,24)(H,19,23)(H,21,22)(H,25,26)/t8-,9+,10+,12+/m1/s1. The number of amides is 2. The molecule has 150 valence electrons. The largest absolute Gasteiger partial charge is 0.481 e. The second-order valence-corrected chi connectivity index (χ2v) is 5.94. The van der Waals surface area contributed by atoms with Gasteiger partial charge in [0, 0.05) is 6.42 Å². The first-order valence-electron chi connectivity index (χ1n) is 8.29. The summed E-state index contributed by atoms with van der Waals surface area (Å²) < 4.78 is 0. The van der Waals surface area contributed by atoms with E-state index >= 15 is 0 Å². The van der Waals surface area contributed by atoms with E-state index in [9.17, 15) is 24.3 Å². The number of nitrogens with one attached hydrogen (secondary N) is 2. The Morgan fingerprint density at radius 3 is 2.00 bits per heavy atom. The molecule has 2 amide bonds. The summed E-state index contributed by atoms with van der Waals surface area (Å²) in [6.45, 7) is 1.70. The Kier molecular flexibility index (Phi) is 11.1. The van der Waals surface area contributed by atoms with Gasteiger partial charge < -0.3 is 37.4 Å². The van der Waals surface area contributed by atoms with E-state index in [4.69, 9.17) is 21.7 Å². The van der Waals surface area contributed by atoms with Crippen LogP contribution in [0.15, 0.2) is 0 Å². The maximum Gasteiger partial charge on any atom is 0.326 e. The molecule has 0 saturated heterocycles. The minimum atomic E-state index is -1.40. The minimum Gasteiger partial charge on any atom is -0.481 e. The van der Waals surface area contributed by atoms with E-state index in [1.807, 2.05) is 0 Å². The molecule has 0 rings (SSSR count). The molecule has 26 heavy (non-hydrogen) atoms. The number of aliphatic carboxylic acids is 2. The fraction of sp³-hybridized carbons (Fsp3) is 0.733. The van der Waals surface area contributed by atoms with Gasteiger partial charge in [-0.25, -0.2) is 4.79 Å². The fourth-order valence-electron chi connectivity index (χ4n) is 2.05. The molecule has 0 fully saturated rings. The lowest BCUT2D eigenvalue weighted by molar-refractivity contribution is -0.143. The zero-order valence-electron chi connectivity index (χ0n) is 14.7. The van der Waals surface area contributed by atoms with Crippen LogP contribution in [-0.4, -0.2) is 69.8 Å². The van der Waals surface area contributed by atoms with Crippen molar-refractivity contribution in [2.75, 3.05) is 6.54 Å². The van der Waals surface area contributed by atoms with Crippen molar-refractivity contribution in [3.05, 3.63) is 0 Å². The predicted molar refractivity (Wildman–Crippen MR) is 90.9 cm³/mol. The van der Waals surface area contributed by atoms with Gasteiger partial charge in [0.2, 0.25) is 11.8 Å². The van der Waals surface area contributed by atoms with Gasteiger partial charge in [0.25, 0.3) is 0 Å². The van der Waals surface area contributed by atoms with Crippen LogP contribution in [0.1, 0.15) is 39.0 Å². The topological polar surface area (TPSA) is 205 Å². The van der Waals surface area contributed by atoms with Gasteiger partial charge in [0.15, 0.2) is 0 Å². The van der Waals surface area contributed by atoms with Gasteiger partial charge in [-0.1, -0.05) is 0 Å². The number of unbranched alkanes of at least 4 members (excludes halogenated alkanes) is 1. The molecule has 9 N–H and O–H groups in total. The van der Waals surface area contributed by atoms with E-state index in [2.05, 4.69) is 10.6 Å². The Balaban J connectivity index is 5.02. The van der Waals surface area contributed by atoms with Crippen LogP contribution in [-0.2, 0) is 19.2 Å². The van der Waals surface area contributed by atoms with Crippen molar-refractivity contribution in [3.63, 3.8) is 0 Å². The van der Waals surface area contributed by atoms with Crippen LogP contribution in [0, 0.1) is 0 Å². The first kappa shape index (κ1) is 23.8. The Hall–Kier alpha value is -2.24. The average Bonchev–Trinajstić information content (AvgIpc) is 2.56. The van der Waals surface area contributed by atoms with Gasteiger partial charge in [-0.15, -0.1) is 0 Å². The zero-order valence-corrected chi connectivity index (χ0v) is 14.7. The highest BCUT2D eigenvalue weighted by atomic mass is 16.4. The second-order valence-electron chi connectivity index (χ2n) is 5.94. The normalized spacial score (nSPS) is 15.4. The third kappa shape index (κ3) is 9.30. The van der Waals surface area contributed by atoms with E-state index in [-0.39, 0.29) is 12.8 Å². The smallest absolute Gasteiger partial charge is 0.326 e. The average molecular weight is 376 g/mol. The van der Waals surface area contributed by atoms with E-state index in [1.165, 1.54) is 6.92 Å². The number of hydrogen-bond acceptors (Lipinski definition) is 7. The van der Waals surface area contributed by atoms with Crippen molar-refractivity contribution in [1.82, 2.24) is 10.6 Å². The van der Waals surface area contributed by atoms with Crippen molar-refractivity contribution in [2.24, 2.45) is 11.5 Å². The highest BCUT2D eigenvalue weighted by molar-refractivity contribution is 5.92. The maximum absolute atomic E-state index is 12.4. The molecule has 0 aliphatic heterocycles. The number of aliphatic hydroxyl groups is 1. The number of rotatable bonds is 13. The lowest BCUT2D eigenvalue weighted by Gasteiger charge is -2.23. The quantitative estimate of drug-likeness (QED) is 0.173. The van der Waals surface area contributed by atoms with E-state index in [0.717, 1.165) is 0 Å². The third-order valence-electron chi connectivity index (χ3n) is 3.66. The van der Waals surface area contributed by atoms with Crippen LogP contribution in [0.5, 0.6) is 0 Å². The summed E-state index contributed by atoms with van der Waals surface area (Å²) in [5, 5.41) is 31.7. The zero-order chi connectivity index (χ0) is 20.3. The van der Waals surface area contributed by atoms with Crippen molar-refractivity contribution in [1.29, 1.82) is 0 Å². The molecule has 0 heterocycles. The molecule has 0 aromatic carbocycles. The number of carbonyl (C=O) groups excluding carboxylic acids is 2. The highest BCUT2D eigenvalue weighted by Gasteiger charge is 2.29. The number of hydrogen-bond donors (Lipinski definition) is 7. The number of carbonyl (C=O) groups is 4. The summed E-state index contributed by atoms with van der Waals surface area (Å²) in [6, 6.07) is -3.73. The van der Waals surface area contributed by atoms with Crippen LogP contribution in [0.3, 0.4) is 0 Å². The van der Waals surface area contributed by atoms with Crippen LogP contribution in [0.25, 0.3) is 0 Å².